The van der Waals surface area contributed by atoms with Crippen molar-refractivity contribution in [2.45, 2.75) is 45.6 Å². The minimum absolute atomic E-state index is 0.187. The Morgan fingerprint density at radius 3 is 2.83 bits per heavy atom. The number of nitrogens with zero attached hydrogens (tertiary/aromatic N) is 1. The lowest BCUT2D eigenvalue weighted by atomic mass is 9.97. The highest BCUT2D eigenvalue weighted by atomic mass is 16.3. The maximum atomic E-state index is 11.6. The Labute approximate surface area is 105 Å². The molecule has 1 aliphatic rings. The zero-order valence-electron chi connectivity index (χ0n) is 10.5. The average Bonchev–Trinajstić information content (AvgIpc) is 2.37. The number of H-pyrrole nitrogens is 1. The highest BCUT2D eigenvalue weighted by molar-refractivity contribution is 5.20. The van der Waals surface area contributed by atoms with E-state index in [1.54, 1.807) is 0 Å². The molecule has 0 amide bonds. The number of hydrogen-bond acceptors (Lipinski definition) is 3. The summed E-state index contributed by atoms with van der Waals surface area (Å²) in [6.45, 7) is 1.91. The molecule has 0 spiro atoms. The first-order valence-corrected chi connectivity index (χ1v) is 6.30. The molecule has 0 aliphatic heterocycles. The summed E-state index contributed by atoms with van der Waals surface area (Å²) in [6.07, 6.45) is 7.55. The summed E-state index contributed by atoms with van der Waals surface area (Å²) in [5, 5.41) is 9.81. The third-order valence-electron chi connectivity index (χ3n) is 3.44. The summed E-state index contributed by atoms with van der Waals surface area (Å²) < 4.78 is 1.23. The molecule has 1 aromatic rings. The van der Waals surface area contributed by atoms with Gasteiger partial charge in [-0.2, -0.15) is 0 Å². The number of hydrogen-bond donors (Lipinski definition) is 2. The maximum Gasteiger partial charge on any atom is 0.331 e. The van der Waals surface area contributed by atoms with Crippen molar-refractivity contribution in [1.29, 1.82) is 0 Å². The van der Waals surface area contributed by atoms with Crippen molar-refractivity contribution in [2.24, 2.45) is 0 Å². The van der Waals surface area contributed by atoms with Crippen LogP contribution in [0.15, 0.2) is 21.2 Å². The molecule has 98 valence electrons. The molecule has 5 heteroatoms. The van der Waals surface area contributed by atoms with Crippen molar-refractivity contribution >= 4 is 0 Å². The van der Waals surface area contributed by atoms with Gasteiger partial charge in [0.25, 0.3) is 5.56 Å². The zero-order valence-corrected chi connectivity index (χ0v) is 10.5. The van der Waals surface area contributed by atoms with Crippen molar-refractivity contribution in [3.63, 3.8) is 0 Å². The van der Waals surface area contributed by atoms with Crippen molar-refractivity contribution < 1.29 is 5.11 Å². The molecule has 18 heavy (non-hydrogen) atoms. The molecule has 0 atom stereocenters. The van der Waals surface area contributed by atoms with Crippen LogP contribution in [0.2, 0.25) is 0 Å². The first kappa shape index (κ1) is 12.7. The van der Waals surface area contributed by atoms with Gasteiger partial charge in [-0.3, -0.25) is 14.3 Å². The molecule has 2 rings (SSSR count). The minimum Gasteiger partial charge on any atom is -0.494 e. The molecule has 0 unspecified atom stereocenters. The van der Waals surface area contributed by atoms with E-state index in [9.17, 15) is 14.7 Å². The van der Waals surface area contributed by atoms with E-state index in [0.717, 1.165) is 19.3 Å². The van der Waals surface area contributed by atoms with Crippen LogP contribution < -0.4 is 11.2 Å². The quantitative estimate of drug-likeness (QED) is 0.797. The first-order valence-electron chi connectivity index (χ1n) is 6.30. The lowest BCUT2D eigenvalue weighted by Crippen LogP contribution is -2.31. The molecule has 1 aromatic heterocycles. The van der Waals surface area contributed by atoms with Crippen molar-refractivity contribution in [1.82, 2.24) is 9.55 Å². The van der Waals surface area contributed by atoms with Gasteiger partial charge in [-0.25, -0.2) is 4.79 Å². The molecule has 0 saturated heterocycles. The molecule has 1 aliphatic carbocycles. The van der Waals surface area contributed by atoms with Gasteiger partial charge in [0.2, 0.25) is 5.88 Å². The van der Waals surface area contributed by atoms with Crippen LogP contribution in [0, 0.1) is 6.92 Å². The summed E-state index contributed by atoms with van der Waals surface area (Å²) in [5.74, 6) is -0.222. The summed E-state index contributed by atoms with van der Waals surface area (Å²) >= 11 is 0. The fourth-order valence-electron chi connectivity index (χ4n) is 2.25. The van der Waals surface area contributed by atoms with Gasteiger partial charge in [0, 0.05) is 6.54 Å². The fourth-order valence-corrected chi connectivity index (χ4v) is 2.25. The number of aromatic nitrogens is 2. The molecule has 2 N–H and O–H groups in total. The molecule has 0 aromatic carbocycles. The minimum atomic E-state index is -0.542. The van der Waals surface area contributed by atoms with Gasteiger partial charge in [-0.05, 0) is 39.0 Å². The molecule has 1 heterocycles. The van der Waals surface area contributed by atoms with E-state index < -0.39 is 11.2 Å². The largest absolute Gasteiger partial charge is 0.494 e. The standard InChI is InChI=1S/C13H18N2O3/c1-9-11(16)14-13(18)15(12(9)17)8-7-10-5-3-2-4-6-10/h5,17H,2-4,6-8H2,1H3,(H,14,16,18). The highest BCUT2D eigenvalue weighted by Crippen LogP contribution is 2.21. The Kier molecular flexibility index (Phi) is 3.69. The van der Waals surface area contributed by atoms with Crippen LogP contribution in [0.5, 0.6) is 5.88 Å². The van der Waals surface area contributed by atoms with Gasteiger partial charge < -0.3 is 5.11 Å². The Morgan fingerprint density at radius 1 is 1.39 bits per heavy atom. The average molecular weight is 250 g/mol. The summed E-state index contributed by atoms with van der Waals surface area (Å²) in [5.41, 5.74) is 0.453. The second-order valence-electron chi connectivity index (χ2n) is 4.72. The van der Waals surface area contributed by atoms with Gasteiger partial charge in [-0.1, -0.05) is 11.6 Å². The van der Waals surface area contributed by atoms with Gasteiger partial charge in [-0.15, -0.1) is 0 Å². The van der Waals surface area contributed by atoms with E-state index in [0.29, 0.717) is 6.54 Å². The number of aromatic amines is 1. The summed E-state index contributed by atoms with van der Waals surface area (Å²) in [6, 6.07) is 0. The van der Waals surface area contributed by atoms with Crippen LogP contribution >= 0.6 is 0 Å². The van der Waals surface area contributed by atoms with Gasteiger partial charge in [0.1, 0.15) is 0 Å². The molecule has 0 saturated carbocycles. The van der Waals surface area contributed by atoms with E-state index in [2.05, 4.69) is 11.1 Å². The van der Waals surface area contributed by atoms with Crippen molar-refractivity contribution in [3.05, 3.63) is 38.1 Å². The van der Waals surface area contributed by atoms with Gasteiger partial charge in [0.05, 0.1) is 5.56 Å². The molecule has 0 radical (unpaired) electrons. The normalized spacial score (nSPS) is 15.5. The summed E-state index contributed by atoms with van der Waals surface area (Å²) in [4.78, 5) is 25.1. The number of nitrogens with one attached hydrogen (secondary N) is 1. The van der Waals surface area contributed by atoms with E-state index in [-0.39, 0.29) is 11.4 Å². The Bertz CT molecular complexity index is 581. The smallest absolute Gasteiger partial charge is 0.331 e. The SMILES string of the molecule is Cc1c(O)n(CCC2=CCCCC2)c(=O)[nH]c1=O. The van der Waals surface area contributed by atoms with Gasteiger partial charge >= 0.3 is 5.69 Å². The van der Waals surface area contributed by atoms with E-state index in [1.165, 1.54) is 29.9 Å². The van der Waals surface area contributed by atoms with Crippen LogP contribution in [0.25, 0.3) is 0 Å². The van der Waals surface area contributed by atoms with Crippen LogP contribution in [-0.4, -0.2) is 14.7 Å². The zero-order chi connectivity index (χ0) is 13.1. The van der Waals surface area contributed by atoms with Crippen molar-refractivity contribution in [3.8, 4) is 5.88 Å². The number of aromatic hydroxyl groups is 1. The lowest BCUT2D eigenvalue weighted by Gasteiger charge is -2.14. The van der Waals surface area contributed by atoms with E-state index >= 15 is 0 Å². The van der Waals surface area contributed by atoms with Crippen molar-refractivity contribution in [2.75, 3.05) is 0 Å². The van der Waals surface area contributed by atoms with Crippen LogP contribution in [0.3, 0.4) is 0 Å². The third kappa shape index (κ3) is 2.55. The van der Waals surface area contributed by atoms with E-state index in [4.69, 9.17) is 0 Å². The molecule has 0 fully saturated rings. The van der Waals surface area contributed by atoms with Gasteiger partial charge in [0.15, 0.2) is 0 Å². The monoisotopic (exact) mass is 250 g/mol. The van der Waals surface area contributed by atoms with Crippen LogP contribution in [0.1, 0.15) is 37.7 Å². The number of allylic oxidation sites excluding steroid dienone is 2. The summed E-state index contributed by atoms with van der Waals surface area (Å²) in [7, 11) is 0. The second kappa shape index (κ2) is 5.25. The fraction of sp³-hybridized carbons (Fsp3) is 0.538. The third-order valence-corrected chi connectivity index (χ3v) is 3.44. The first-order chi connectivity index (χ1) is 8.59. The van der Waals surface area contributed by atoms with E-state index in [1.807, 2.05) is 0 Å². The Hall–Kier alpha value is -1.78. The second-order valence-corrected chi connectivity index (χ2v) is 4.72. The molecule has 0 bridgehead atoms. The van der Waals surface area contributed by atoms with Crippen LogP contribution in [-0.2, 0) is 6.54 Å². The van der Waals surface area contributed by atoms with Crippen LogP contribution in [0.4, 0.5) is 0 Å². The predicted molar refractivity (Wildman–Crippen MR) is 68.9 cm³/mol. The predicted octanol–water partition coefficient (Wildman–Crippen LogP) is 1.44. The molecule has 5 nitrogen and oxygen atoms in total. The lowest BCUT2D eigenvalue weighted by molar-refractivity contribution is 0.394. The highest BCUT2D eigenvalue weighted by Gasteiger charge is 2.11. The number of rotatable bonds is 3. The molecular weight excluding hydrogens is 232 g/mol. The maximum absolute atomic E-state index is 11.6. The topological polar surface area (TPSA) is 75.1 Å². The Morgan fingerprint density at radius 2 is 2.17 bits per heavy atom. The molecular formula is C13H18N2O3. The Balaban J connectivity index is 2.19.